The smallest absolute Gasteiger partial charge is 0.406 e. The van der Waals surface area contributed by atoms with Crippen LogP contribution in [-0.2, 0) is 4.79 Å². The molecule has 1 fully saturated rings. The number of halogens is 4. The Labute approximate surface area is 258 Å². The van der Waals surface area contributed by atoms with Crippen molar-refractivity contribution in [1.29, 1.82) is 0 Å². The summed E-state index contributed by atoms with van der Waals surface area (Å²) in [6.07, 6.45) is -1.98. The average molecular weight is 640 g/mol. The van der Waals surface area contributed by atoms with Crippen molar-refractivity contribution < 1.29 is 31.9 Å². The Morgan fingerprint density at radius 1 is 1.09 bits per heavy atom. The molecule has 2 heterocycles. The fraction of sp³-hybridized carbons (Fsp3) is 0.200. The number of aryl methyl sites for hydroxylation is 1. The van der Waals surface area contributed by atoms with Crippen molar-refractivity contribution in [2.24, 2.45) is 10.1 Å². The molecule has 0 bridgehead atoms. The largest absolute Gasteiger partial charge is 0.573 e. The third-order valence-corrected chi connectivity index (χ3v) is 7.32. The Bertz CT molecular complexity index is 1770. The van der Waals surface area contributed by atoms with E-state index in [9.17, 15) is 27.2 Å². The van der Waals surface area contributed by atoms with Crippen molar-refractivity contribution in [3.05, 3.63) is 89.7 Å². The molecule has 1 unspecified atom stereocenters. The maximum absolute atomic E-state index is 14.4. The number of hydrazone groups is 1. The lowest BCUT2D eigenvalue weighted by atomic mass is 9.99. The Morgan fingerprint density at radius 3 is 2.47 bits per heavy atom. The van der Waals surface area contributed by atoms with E-state index in [0.717, 1.165) is 16.0 Å². The molecular weight excluding hydrogens is 614 g/mol. The molecule has 4 aromatic rings. The van der Waals surface area contributed by atoms with Crippen LogP contribution in [0, 0.1) is 6.92 Å². The number of thioether (sulfide) groups is 1. The van der Waals surface area contributed by atoms with E-state index in [1.807, 2.05) is 32.9 Å². The van der Waals surface area contributed by atoms with Crippen LogP contribution in [0.25, 0.3) is 17.1 Å². The van der Waals surface area contributed by atoms with Crippen LogP contribution >= 0.6 is 11.8 Å². The zero-order chi connectivity index (χ0) is 32.3. The summed E-state index contributed by atoms with van der Waals surface area (Å²) in [6.45, 7) is 5.75. The molecule has 1 atom stereocenters. The number of hydrogen-bond donors (Lipinski definition) is 1. The topological polar surface area (TPSA) is 114 Å². The number of aliphatic imine (C=N–C) groups is 1. The molecule has 1 aromatic heterocycles. The molecule has 10 nitrogen and oxygen atoms in total. The molecule has 45 heavy (non-hydrogen) atoms. The quantitative estimate of drug-likeness (QED) is 0.136. The number of aromatic nitrogens is 3. The van der Waals surface area contributed by atoms with Gasteiger partial charge in [0.25, 0.3) is 5.91 Å². The van der Waals surface area contributed by atoms with Gasteiger partial charge in [0, 0.05) is 5.56 Å². The van der Waals surface area contributed by atoms with E-state index in [2.05, 4.69) is 30.3 Å². The van der Waals surface area contributed by atoms with Gasteiger partial charge < -0.3 is 4.74 Å². The number of benzene rings is 3. The number of nitrogens with one attached hydrogen (secondary N) is 1. The number of rotatable bonds is 7. The van der Waals surface area contributed by atoms with E-state index >= 15 is 0 Å². The van der Waals surface area contributed by atoms with E-state index < -0.39 is 23.8 Å². The van der Waals surface area contributed by atoms with Gasteiger partial charge in [0.2, 0.25) is 5.50 Å². The number of urea groups is 1. The lowest BCUT2D eigenvalue weighted by Crippen LogP contribution is -2.33. The van der Waals surface area contributed by atoms with Gasteiger partial charge in [-0.05, 0) is 71.6 Å². The molecule has 5 rings (SSSR count). The minimum absolute atomic E-state index is 0.0390. The average Bonchev–Trinajstić information content (AvgIpc) is 3.57. The molecule has 232 valence electrons. The minimum Gasteiger partial charge on any atom is -0.406 e. The number of nitrogens with zero attached hydrogens (tertiary/aromatic N) is 6. The SMILES string of the molecule is Cc1ccc(C(C)C)c(N2C(=O)C(F)SC2=NC(=O)N/N=C/c2ccc(-c3ncn(-c4ccc(OC(F)(F)F)cc4)n3)cc2)c1. The summed E-state index contributed by atoms with van der Waals surface area (Å²) >= 11 is 0.550. The first kappa shape index (κ1) is 31.4. The van der Waals surface area contributed by atoms with Gasteiger partial charge in [-0.1, -0.05) is 50.2 Å². The van der Waals surface area contributed by atoms with Crippen LogP contribution in [0.5, 0.6) is 5.75 Å². The summed E-state index contributed by atoms with van der Waals surface area (Å²) in [7, 11) is 0. The van der Waals surface area contributed by atoms with Crippen molar-refractivity contribution in [3.8, 4) is 22.8 Å². The van der Waals surface area contributed by atoms with Gasteiger partial charge in [-0.15, -0.1) is 18.3 Å². The van der Waals surface area contributed by atoms with E-state index in [0.29, 0.717) is 40.1 Å². The molecule has 0 aliphatic carbocycles. The lowest BCUT2D eigenvalue weighted by molar-refractivity contribution is -0.274. The molecule has 3 amide bonds. The molecule has 3 aromatic carbocycles. The molecular formula is C30H25F4N7O3S. The summed E-state index contributed by atoms with van der Waals surface area (Å²) in [5.41, 5.74) is 4.28. The Kier molecular flexibility index (Phi) is 8.99. The number of alkyl halides is 4. The molecule has 1 N–H and O–H groups in total. The third kappa shape index (κ3) is 7.55. The molecule has 0 radical (unpaired) electrons. The Hall–Kier alpha value is -5.05. The second-order valence-corrected chi connectivity index (χ2v) is 11.1. The molecule has 1 aliphatic heterocycles. The minimum atomic E-state index is -4.78. The van der Waals surface area contributed by atoms with Crippen LogP contribution in [-0.4, -0.2) is 50.0 Å². The van der Waals surface area contributed by atoms with Crippen LogP contribution in [0.4, 0.5) is 28.0 Å². The highest BCUT2D eigenvalue weighted by molar-refractivity contribution is 8.16. The van der Waals surface area contributed by atoms with Gasteiger partial charge in [-0.2, -0.15) is 10.1 Å². The number of ether oxygens (including phenoxy) is 1. The summed E-state index contributed by atoms with van der Waals surface area (Å²) in [5.74, 6) is -0.753. The zero-order valence-corrected chi connectivity index (χ0v) is 24.8. The van der Waals surface area contributed by atoms with Gasteiger partial charge >= 0.3 is 12.4 Å². The maximum atomic E-state index is 14.4. The summed E-state index contributed by atoms with van der Waals surface area (Å²) in [4.78, 5) is 34.5. The fourth-order valence-corrected chi connectivity index (χ4v) is 5.16. The number of hydrogen-bond acceptors (Lipinski definition) is 7. The molecule has 0 saturated carbocycles. The van der Waals surface area contributed by atoms with Crippen LogP contribution in [0.1, 0.15) is 36.5 Å². The van der Waals surface area contributed by atoms with Gasteiger partial charge in [0.15, 0.2) is 11.0 Å². The number of carbonyl (C=O) groups is 2. The monoisotopic (exact) mass is 639 g/mol. The third-order valence-electron chi connectivity index (χ3n) is 6.43. The first-order valence-corrected chi connectivity index (χ1v) is 14.3. The van der Waals surface area contributed by atoms with Crippen LogP contribution < -0.4 is 15.1 Å². The van der Waals surface area contributed by atoms with Gasteiger partial charge in [-0.3, -0.25) is 9.69 Å². The summed E-state index contributed by atoms with van der Waals surface area (Å²) in [5, 5.41) is 8.17. The second kappa shape index (κ2) is 12.9. The second-order valence-electron chi connectivity index (χ2n) is 10.1. The highest BCUT2D eigenvalue weighted by Gasteiger charge is 2.41. The molecule has 0 spiro atoms. The van der Waals surface area contributed by atoms with Crippen molar-refractivity contribution in [1.82, 2.24) is 20.2 Å². The zero-order valence-electron chi connectivity index (χ0n) is 24.0. The Balaban J connectivity index is 1.23. The van der Waals surface area contributed by atoms with E-state index in [1.165, 1.54) is 41.5 Å². The molecule has 15 heteroatoms. The van der Waals surface area contributed by atoms with E-state index in [4.69, 9.17) is 0 Å². The van der Waals surface area contributed by atoms with Crippen molar-refractivity contribution in [3.63, 3.8) is 0 Å². The summed E-state index contributed by atoms with van der Waals surface area (Å²) in [6, 6.07) is 16.7. The van der Waals surface area contributed by atoms with Crippen LogP contribution in [0.2, 0.25) is 0 Å². The van der Waals surface area contributed by atoms with E-state index in [-0.39, 0.29) is 16.8 Å². The predicted molar refractivity (Wildman–Crippen MR) is 162 cm³/mol. The van der Waals surface area contributed by atoms with Gasteiger partial charge in [0.1, 0.15) is 12.1 Å². The highest BCUT2D eigenvalue weighted by atomic mass is 32.2. The van der Waals surface area contributed by atoms with Crippen molar-refractivity contribution >= 4 is 40.8 Å². The number of amides is 3. The first-order chi connectivity index (χ1) is 21.4. The first-order valence-electron chi connectivity index (χ1n) is 13.4. The van der Waals surface area contributed by atoms with Crippen molar-refractivity contribution in [2.75, 3.05) is 4.90 Å². The highest BCUT2D eigenvalue weighted by Crippen LogP contribution is 2.37. The lowest BCUT2D eigenvalue weighted by Gasteiger charge is -2.22. The van der Waals surface area contributed by atoms with Crippen molar-refractivity contribution in [2.45, 2.75) is 38.6 Å². The normalized spacial score (nSPS) is 16.3. The van der Waals surface area contributed by atoms with Crippen LogP contribution in [0.15, 0.2) is 83.2 Å². The van der Waals surface area contributed by atoms with Crippen LogP contribution in [0.3, 0.4) is 0 Å². The maximum Gasteiger partial charge on any atom is 0.573 e. The van der Waals surface area contributed by atoms with Gasteiger partial charge in [-0.25, -0.2) is 24.3 Å². The van der Waals surface area contributed by atoms with Gasteiger partial charge in [0.05, 0.1) is 17.6 Å². The summed E-state index contributed by atoms with van der Waals surface area (Å²) < 4.78 is 56.9. The molecule has 1 saturated heterocycles. The fourth-order valence-electron chi connectivity index (χ4n) is 4.34. The number of amidine groups is 1. The number of carbonyl (C=O) groups excluding carboxylic acids is 2. The van der Waals surface area contributed by atoms with E-state index in [1.54, 1.807) is 30.3 Å². The predicted octanol–water partition coefficient (Wildman–Crippen LogP) is 6.74. The molecule has 1 aliphatic rings. The Morgan fingerprint density at radius 2 is 1.80 bits per heavy atom. The standard InChI is InChI=1S/C30H25F4N7O3S/c1-17(2)23-13-4-18(3)14-24(23)41-27(42)25(31)45-29(41)37-28(43)38-36-15-19-5-7-20(8-6-19)26-35-16-40(39-26)21-9-11-22(12-10-21)44-30(32,33)34/h4-17,25H,1-3H3,(H,38,43)/b36-15+,37-29?. The number of anilines is 1.